The average molecular weight is 316 g/mol. The van der Waals surface area contributed by atoms with Crippen LogP contribution >= 0.6 is 0 Å². The Hall–Kier alpha value is -1.39. The molecule has 0 saturated carbocycles. The van der Waals surface area contributed by atoms with Gasteiger partial charge in [-0.2, -0.15) is 0 Å². The van der Waals surface area contributed by atoms with Crippen molar-refractivity contribution < 1.29 is 9.53 Å². The molecule has 2 heterocycles. The zero-order valence-electron chi connectivity index (χ0n) is 14.3. The maximum absolute atomic E-state index is 13.0. The summed E-state index contributed by atoms with van der Waals surface area (Å²) in [5, 5.41) is 0. The largest absolute Gasteiger partial charge is 0.363 e. The topological polar surface area (TPSA) is 32.8 Å². The number of ether oxygens (including phenoxy) is 1. The predicted octanol–water partition coefficient (Wildman–Crippen LogP) is 2.49. The predicted molar refractivity (Wildman–Crippen MR) is 91.3 cm³/mol. The number of benzene rings is 1. The van der Waals surface area contributed by atoms with E-state index in [4.69, 9.17) is 4.74 Å². The molecule has 1 saturated heterocycles. The summed E-state index contributed by atoms with van der Waals surface area (Å²) >= 11 is 0. The molecule has 0 aromatic heterocycles. The monoisotopic (exact) mass is 316 g/mol. The number of piperidine rings is 1. The summed E-state index contributed by atoms with van der Waals surface area (Å²) in [7, 11) is 2.15. The molecular formula is C19H28N2O2. The van der Waals surface area contributed by atoms with Crippen molar-refractivity contribution in [2.24, 2.45) is 5.92 Å². The molecule has 2 unspecified atom stereocenters. The van der Waals surface area contributed by atoms with Crippen molar-refractivity contribution in [1.29, 1.82) is 0 Å². The van der Waals surface area contributed by atoms with Crippen molar-refractivity contribution in [3.63, 3.8) is 0 Å². The highest BCUT2D eigenvalue weighted by atomic mass is 16.5. The smallest absolute Gasteiger partial charge is 0.256 e. The minimum Gasteiger partial charge on any atom is -0.363 e. The van der Waals surface area contributed by atoms with Crippen molar-refractivity contribution in [3.05, 3.63) is 35.4 Å². The highest BCUT2D eigenvalue weighted by Gasteiger charge is 2.33. The molecule has 1 fully saturated rings. The van der Waals surface area contributed by atoms with E-state index in [9.17, 15) is 4.79 Å². The van der Waals surface area contributed by atoms with Crippen LogP contribution in [-0.4, -0.2) is 55.5 Å². The van der Waals surface area contributed by atoms with E-state index in [1.807, 2.05) is 23.1 Å². The molecule has 4 heteroatoms. The molecule has 2 atom stereocenters. The second-order valence-electron chi connectivity index (χ2n) is 6.85. The minimum atomic E-state index is -0.400. The molecule has 0 N–H and O–H groups in total. The van der Waals surface area contributed by atoms with Gasteiger partial charge in [-0.1, -0.05) is 31.2 Å². The lowest BCUT2D eigenvalue weighted by Crippen LogP contribution is -2.46. The number of carbonyl (C=O) groups is 1. The molecule has 0 radical (unpaired) electrons. The Morgan fingerprint density at radius 1 is 1.39 bits per heavy atom. The van der Waals surface area contributed by atoms with Crippen LogP contribution in [0.4, 0.5) is 0 Å². The van der Waals surface area contributed by atoms with Crippen molar-refractivity contribution in [2.45, 2.75) is 32.3 Å². The van der Waals surface area contributed by atoms with Gasteiger partial charge in [-0.15, -0.1) is 0 Å². The lowest BCUT2D eigenvalue weighted by Gasteiger charge is -2.37. The molecule has 0 spiro atoms. The van der Waals surface area contributed by atoms with Gasteiger partial charge >= 0.3 is 0 Å². The lowest BCUT2D eigenvalue weighted by atomic mass is 9.94. The first-order chi connectivity index (χ1) is 11.2. The third-order valence-corrected chi connectivity index (χ3v) is 5.16. The molecule has 2 aliphatic rings. The number of carbonyl (C=O) groups excluding carboxylic acids is 1. The number of amides is 1. The first-order valence-corrected chi connectivity index (χ1v) is 8.85. The third-order valence-electron chi connectivity index (χ3n) is 5.16. The second kappa shape index (κ2) is 7.45. The van der Waals surface area contributed by atoms with Crippen molar-refractivity contribution in [1.82, 2.24) is 9.80 Å². The van der Waals surface area contributed by atoms with Crippen molar-refractivity contribution >= 4 is 5.91 Å². The van der Waals surface area contributed by atoms with Crippen LogP contribution < -0.4 is 0 Å². The van der Waals surface area contributed by atoms with E-state index in [2.05, 4.69) is 24.9 Å². The summed E-state index contributed by atoms with van der Waals surface area (Å²) in [5.74, 6) is 0.734. The van der Waals surface area contributed by atoms with Crippen LogP contribution in [0.5, 0.6) is 0 Å². The number of hydrogen-bond acceptors (Lipinski definition) is 3. The van der Waals surface area contributed by atoms with Crippen LogP contribution in [0.3, 0.4) is 0 Å². The molecule has 126 valence electrons. The highest BCUT2D eigenvalue weighted by Crippen LogP contribution is 2.30. The van der Waals surface area contributed by atoms with Gasteiger partial charge in [0.05, 0.1) is 6.61 Å². The highest BCUT2D eigenvalue weighted by molar-refractivity contribution is 5.83. The van der Waals surface area contributed by atoms with Gasteiger partial charge in [0.25, 0.3) is 5.91 Å². The van der Waals surface area contributed by atoms with Gasteiger partial charge in [0.1, 0.15) is 0 Å². The molecule has 0 bridgehead atoms. The first-order valence-electron chi connectivity index (χ1n) is 8.85. The number of fused-ring (bicyclic) bond motifs is 1. The standard InChI is InChI=1S/C19H28N2O2/c1-3-20(2)13-15-7-6-11-21(14-15)19(22)18-17-9-5-4-8-16(17)10-12-23-18/h4-5,8-9,15,18H,3,6-7,10-14H2,1-2H3. The Bertz CT molecular complexity index is 546. The van der Waals surface area contributed by atoms with E-state index in [1.54, 1.807) is 0 Å². The van der Waals surface area contributed by atoms with Crippen LogP contribution in [0.1, 0.15) is 37.0 Å². The Kier molecular flexibility index (Phi) is 5.34. The molecule has 1 amide bonds. The Balaban J connectivity index is 1.68. The summed E-state index contributed by atoms with van der Waals surface area (Å²) in [6.45, 7) is 6.69. The van der Waals surface area contributed by atoms with Crippen LogP contribution in [0, 0.1) is 5.92 Å². The van der Waals surface area contributed by atoms with Crippen LogP contribution in [0.2, 0.25) is 0 Å². The zero-order chi connectivity index (χ0) is 16.2. The van der Waals surface area contributed by atoms with Gasteiger partial charge in [-0.25, -0.2) is 0 Å². The molecule has 3 rings (SSSR count). The molecule has 0 aliphatic carbocycles. The molecule has 1 aromatic rings. The van der Waals surface area contributed by atoms with E-state index >= 15 is 0 Å². The number of nitrogens with zero attached hydrogens (tertiary/aromatic N) is 2. The van der Waals surface area contributed by atoms with E-state index < -0.39 is 6.10 Å². The van der Waals surface area contributed by atoms with Crippen molar-refractivity contribution in [3.8, 4) is 0 Å². The second-order valence-corrected chi connectivity index (χ2v) is 6.85. The fourth-order valence-corrected chi connectivity index (χ4v) is 3.75. The zero-order valence-corrected chi connectivity index (χ0v) is 14.3. The summed E-state index contributed by atoms with van der Waals surface area (Å²) in [5.41, 5.74) is 2.33. The van der Waals surface area contributed by atoms with Gasteiger partial charge in [0.2, 0.25) is 0 Å². The quantitative estimate of drug-likeness (QED) is 0.855. The number of hydrogen-bond donors (Lipinski definition) is 0. The number of rotatable bonds is 4. The fraction of sp³-hybridized carbons (Fsp3) is 0.632. The van der Waals surface area contributed by atoms with Crippen LogP contribution in [0.15, 0.2) is 24.3 Å². The van der Waals surface area contributed by atoms with Gasteiger partial charge in [-0.3, -0.25) is 4.79 Å². The van der Waals surface area contributed by atoms with Crippen LogP contribution in [-0.2, 0) is 16.0 Å². The maximum atomic E-state index is 13.0. The Morgan fingerprint density at radius 3 is 3.04 bits per heavy atom. The summed E-state index contributed by atoms with van der Waals surface area (Å²) in [6, 6.07) is 8.21. The Morgan fingerprint density at radius 2 is 2.22 bits per heavy atom. The van der Waals surface area contributed by atoms with Crippen molar-refractivity contribution in [2.75, 3.05) is 39.8 Å². The van der Waals surface area contributed by atoms with E-state index in [1.165, 1.54) is 12.0 Å². The molecule has 1 aromatic carbocycles. The molecular weight excluding hydrogens is 288 g/mol. The first kappa shape index (κ1) is 16.5. The average Bonchev–Trinajstić information content (AvgIpc) is 2.60. The van der Waals surface area contributed by atoms with E-state index in [0.717, 1.165) is 44.6 Å². The van der Waals surface area contributed by atoms with Gasteiger partial charge in [0, 0.05) is 19.6 Å². The summed E-state index contributed by atoms with van der Waals surface area (Å²) < 4.78 is 5.86. The molecule has 2 aliphatic heterocycles. The molecule has 23 heavy (non-hydrogen) atoms. The van der Waals surface area contributed by atoms with Gasteiger partial charge in [0.15, 0.2) is 6.10 Å². The minimum absolute atomic E-state index is 0.154. The van der Waals surface area contributed by atoms with Gasteiger partial charge in [-0.05, 0) is 49.9 Å². The van der Waals surface area contributed by atoms with E-state index in [0.29, 0.717) is 12.5 Å². The fourth-order valence-electron chi connectivity index (χ4n) is 3.75. The SMILES string of the molecule is CCN(C)CC1CCCN(C(=O)C2OCCc3ccccc32)C1. The summed E-state index contributed by atoms with van der Waals surface area (Å²) in [4.78, 5) is 17.4. The van der Waals surface area contributed by atoms with Gasteiger partial charge < -0.3 is 14.5 Å². The third kappa shape index (κ3) is 3.75. The Labute approximate surface area is 139 Å². The van der Waals surface area contributed by atoms with Crippen LogP contribution in [0.25, 0.3) is 0 Å². The number of likely N-dealkylation sites (tertiary alicyclic amines) is 1. The van der Waals surface area contributed by atoms with E-state index in [-0.39, 0.29) is 5.91 Å². The summed E-state index contributed by atoms with van der Waals surface area (Å²) in [6.07, 6.45) is 2.82. The lowest BCUT2D eigenvalue weighted by molar-refractivity contribution is -0.147. The maximum Gasteiger partial charge on any atom is 0.256 e. The normalized spacial score (nSPS) is 24.6. The molecule has 4 nitrogen and oxygen atoms in total.